The molecule has 236 valence electrons. The second-order valence-corrected chi connectivity index (χ2v) is 14.1. The van der Waals surface area contributed by atoms with Crippen molar-refractivity contribution in [2.75, 3.05) is 0 Å². The highest BCUT2D eigenvalue weighted by molar-refractivity contribution is 6.11. The Morgan fingerprint density at radius 1 is 0.429 bits per heavy atom. The van der Waals surface area contributed by atoms with Gasteiger partial charge in [-0.05, 0) is 62.4 Å². The fourth-order valence-electron chi connectivity index (χ4n) is 7.62. The Kier molecular flexibility index (Phi) is 6.47. The first-order chi connectivity index (χ1) is 23.8. The Morgan fingerprint density at radius 2 is 1.02 bits per heavy atom. The number of benzene rings is 6. The molecule has 6 aromatic carbocycles. The fraction of sp³-hybridized carbons (Fsp3) is 0.133. The highest BCUT2D eigenvalue weighted by Crippen LogP contribution is 2.56. The number of furan rings is 1. The van der Waals surface area contributed by atoms with Crippen molar-refractivity contribution in [2.45, 2.75) is 38.5 Å². The van der Waals surface area contributed by atoms with Gasteiger partial charge in [-0.25, -0.2) is 15.0 Å². The van der Waals surface area contributed by atoms with E-state index in [-0.39, 0.29) is 10.8 Å². The third-order valence-corrected chi connectivity index (χ3v) is 10.9. The minimum atomic E-state index is -0.180. The topological polar surface area (TPSA) is 51.8 Å². The van der Waals surface area contributed by atoms with Gasteiger partial charge in [0.1, 0.15) is 11.2 Å². The molecule has 9 rings (SSSR count). The molecule has 4 nitrogen and oxygen atoms in total. The molecule has 0 unspecified atom stereocenters. The van der Waals surface area contributed by atoms with Gasteiger partial charge >= 0.3 is 0 Å². The van der Waals surface area contributed by atoms with E-state index in [9.17, 15) is 0 Å². The summed E-state index contributed by atoms with van der Waals surface area (Å²) in [6.45, 7) is 9.49. The number of fused-ring (bicyclic) bond motifs is 6. The van der Waals surface area contributed by atoms with Crippen LogP contribution in [0.4, 0.5) is 0 Å². The summed E-state index contributed by atoms with van der Waals surface area (Å²) in [5, 5.41) is 2.05. The zero-order valence-electron chi connectivity index (χ0n) is 28.0. The Labute approximate surface area is 286 Å². The van der Waals surface area contributed by atoms with Crippen LogP contribution in [0.3, 0.4) is 0 Å². The number of aromatic nitrogens is 3. The summed E-state index contributed by atoms with van der Waals surface area (Å²) in [6, 6.07) is 48.7. The standard InChI is InChI=1S/C45H35N3O/c1-44(2)35-22-13-20-31(28-15-7-5-8-16-28)39(35)32-26-25-30(27-36(32)45(44,3)4)42-46-41(29-17-9-6-10-18-29)47-43(48-42)34-21-14-24-38-40(34)33-19-11-12-23-37(33)49-38/h5-27H,1-4H3. The minimum Gasteiger partial charge on any atom is -0.456 e. The number of nitrogens with zero attached hydrogens (tertiary/aromatic N) is 3. The van der Waals surface area contributed by atoms with Crippen LogP contribution in [-0.4, -0.2) is 15.0 Å². The second-order valence-electron chi connectivity index (χ2n) is 14.1. The first kappa shape index (κ1) is 29.3. The largest absolute Gasteiger partial charge is 0.456 e. The summed E-state index contributed by atoms with van der Waals surface area (Å²) in [6.07, 6.45) is 0. The minimum absolute atomic E-state index is 0.143. The van der Waals surface area contributed by atoms with E-state index in [1.807, 2.05) is 48.5 Å². The fourth-order valence-corrected chi connectivity index (χ4v) is 7.62. The van der Waals surface area contributed by atoms with E-state index in [1.54, 1.807) is 0 Å². The monoisotopic (exact) mass is 633 g/mol. The summed E-state index contributed by atoms with van der Waals surface area (Å²) < 4.78 is 6.25. The van der Waals surface area contributed by atoms with Crippen molar-refractivity contribution in [3.63, 3.8) is 0 Å². The first-order valence-corrected chi connectivity index (χ1v) is 16.9. The van der Waals surface area contributed by atoms with E-state index in [0.29, 0.717) is 17.5 Å². The zero-order valence-corrected chi connectivity index (χ0v) is 28.0. The Bertz CT molecular complexity index is 2550. The molecule has 1 aliphatic carbocycles. The smallest absolute Gasteiger partial charge is 0.164 e. The number of hydrogen-bond donors (Lipinski definition) is 0. The van der Waals surface area contributed by atoms with Crippen LogP contribution in [0.25, 0.3) is 78.4 Å². The molecule has 0 radical (unpaired) electrons. The molecule has 49 heavy (non-hydrogen) atoms. The molecule has 4 heteroatoms. The molecule has 0 saturated heterocycles. The maximum absolute atomic E-state index is 6.25. The van der Waals surface area contributed by atoms with Gasteiger partial charge in [-0.2, -0.15) is 0 Å². The van der Waals surface area contributed by atoms with Gasteiger partial charge in [0.2, 0.25) is 0 Å². The lowest BCUT2D eigenvalue weighted by atomic mass is 9.54. The van der Waals surface area contributed by atoms with Crippen molar-refractivity contribution in [3.8, 4) is 56.4 Å². The molecule has 0 amide bonds. The molecule has 2 heterocycles. The van der Waals surface area contributed by atoms with Gasteiger partial charge in [-0.15, -0.1) is 0 Å². The molecule has 0 fully saturated rings. The Morgan fingerprint density at radius 3 is 1.80 bits per heavy atom. The summed E-state index contributed by atoms with van der Waals surface area (Å²) in [7, 11) is 0. The van der Waals surface area contributed by atoms with Gasteiger partial charge < -0.3 is 4.42 Å². The van der Waals surface area contributed by atoms with E-state index >= 15 is 0 Å². The van der Waals surface area contributed by atoms with E-state index in [4.69, 9.17) is 19.4 Å². The van der Waals surface area contributed by atoms with Crippen LogP contribution in [0.2, 0.25) is 0 Å². The van der Waals surface area contributed by atoms with Gasteiger partial charge in [0.15, 0.2) is 17.5 Å². The molecule has 0 saturated carbocycles. The van der Waals surface area contributed by atoms with Crippen molar-refractivity contribution in [2.24, 2.45) is 0 Å². The van der Waals surface area contributed by atoms with Crippen LogP contribution in [0.15, 0.2) is 144 Å². The van der Waals surface area contributed by atoms with Gasteiger partial charge in [-0.3, -0.25) is 0 Å². The molecule has 8 aromatic rings. The van der Waals surface area contributed by atoms with Crippen LogP contribution in [0.5, 0.6) is 0 Å². The molecule has 0 aliphatic heterocycles. The molecule has 1 aliphatic rings. The lowest BCUT2D eigenvalue weighted by molar-refractivity contribution is 0.299. The predicted molar refractivity (Wildman–Crippen MR) is 200 cm³/mol. The number of para-hydroxylation sites is 1. The van der Waals surface area contributed by atoms with Gasteiger partial charge in [0.05, 0.1) is 0 Å². The first-order valence-electron chi connectivity index (χ1n) is 16.9. The summed E-state index contributed by atoms with van der Waals surface area (Å²) in [4.78, 5) is 15.4. The summed E-state index contributed by atoms with van der Waals surface area (Å²) in [5.74, 6) is 1.90. The summed E-state index contributed by atoms with van der Waals surface area (Å²) >= 11 is 0. The van der Waals surface area contributed by atoms with Crippen molar-refractivity contribution in [1.29, 1.82) is 0 Å². The van der Waals surface area contributed by atoms with Crippen LogP contribution in [0, 0.1) is 0 Å². The second kappa shape index (κ2) is 10.8. The van der Waals surface area contributed by atoms with E-state index in [1.165, 1.54) is 33.4 Å². The molecule has 0 atom stereocenters. The predicted octanol–water partition coefficient (Wildman–Crippen LogP) is 11.7. The zero-order chi connectivity index (χ0) is 33.3. The average Bonchev–Trinajstić information content (AvgIpc) is 3.53. The van der Waals surface area contributed by atoms with Crippen LogP contribution < -0.4 is 0 Å². The molecule has 2 aromatic heterocycles. The van der Waals surface area contributed by atoms with Crippen LogP contribution in [-0.2, 0) is 10.8 Å². The quantitative estimate of drug-likeness (QED) is 0.193. The van der Waals surface area contributed by atoms with Crippen molar-refractivity contribution in [3.05, 3.63) is 151 Å². The normalized spacial score (nSPS) is 14.4. The molecule has 0 spiro atoms. The Balaban J connectivity index is 1.29. The molecular formula is C45H35N3O. The lowest BCUT2D eigenvalue weighted by Crippen LogP contribution is -2.43. The van der Waals surface area contributed by atoms with E-state index < -0.39 is 0 Å². The highest BCUT2D eigenvalue weighted by atomic mass is 16.3. The van der Waals surface area contributed by atoms with Crippen molar-refractivity contribution in [1.82, 2.24) is 15.0 Å². The number of hydrogen-bond acceptors (Lipinski definition) is 4. The van der Waals surface area contributed by atoms with E-state index in [2.05, 4.69) is 119 Å². The molecule has 0 N–H and O–H groups in total. The lowest BCUT2D eigenvalue weighted by Gasteiger charge is -2.49. The number of rotatable bonds is 4. The average molecular weight is 634 g/mol. The van der Waals surface area contributed by atoms with Crippen LogP contribution in [0.1, 0.15) is 38.8 Å². The SMILES string of the molecule is CC1(C)c2cc(-c3nc(-c4ccccc4)nc(-c4cccc5oc6ccccc6c45)n3)ccc2-c2c(-c3ccccc3)cccc2C1(C)C. The maximum Gasteiger partial charge on any atom is 0.164 e. The Hall–Kier alpha value is -5.87. The van der Waals surface area contributed by atoms with Crippen molar-refractivity contribution >= 4 is 21.9 Å². The third-order valence-electron chi connectivity index (χ3n) is 10.9. The summed E-state index contributed by atoms with van der Waals surface area (Å²) in [5.41, 5.74) is 11.9. The van der Waals surface area contributed by atoms with Gasteiger partial charge in [0.25, 0.3) is 0 Å². The van der Waals surface area contributed by atoms with Crippen molar-refractivity contribution < 1.29 is 4.42 Å². The third kappa shape index (κ3) is 4.48. The molecular weight excluding hydrogens is 599 g/mol. The maximum atomic E-state index is 6.25. The van der Waals surface area contributed by atoms with Gasteiger partial charge in [0, 0.05) is 27.5 Å². The molecule has 0 bridgehead atoms. The van der Waals surface area contributed by atoms with Gasteiger partial charge in [-0.1, -0.05) is 149 Å². The van der Waals surface area contributed by atoms with E-state index in [0.717, 1.165) is 38.6 Å². The highest BCUT2D eigenvalue weighted by Gasteiger charge is 2.46. The van der Waals surface area contributed by atoms with Crippen LogP contribution >= 0.6 is 0 Å².